The molecule has 0 heterocycles. The summed E-state index contributed by atoms with van der Waals surface area (Å²) in [6.07, 6.45) is 17.3. The predicted molar refractivity (Wildman–Crippen MR) is 114 cm³/mol. The van der Waals surface area contributed by atoms with Crippen LogP contribution >= 0.6 is 0 Å². The van der Waals surface area contributed by atoms with Crippen LogP contribution in [0.25, 0.3) is 0 Å². The van der Waals surface area contributed by atoms with E-state index in [1.54, 1.807) is 0 Å². The second kappa shape index (κ2) is 13.7. The van der Waals surface area contributed by atoms with Gasteiger partial charge in [0, 0.05) is 0 Å². The van der Waals surface area contributed by atoms with Gasteiger partial charge in [0.15, 0.2) is 0 Å². The molecule has 2 aliphatic carbocycles. The van der Waals surface area contributed by atoms with Crippen molar-refractivity contribution in [2.24, 2.45) is 23.7 Å². The Hall–Kier alpha value is 0.500. The first-order valence-corrected chi connectivity index (χ1v) is 12.0. The van der Waals surface area contributed by atoms with Gasteiger partial charge in [-0.15, -0.1) is 5.01 Å². The molecular weight excluding hydrogens is 387 g/mol. The second-order valence-electron chi connectivity index (χ2n) is 10.3. The molecule has 0 amide bonds. The summed E-state index contributed by atoms with van der Waals surface area (Å²) < 4.78 is 0. The Bertz CT molecular complexity index is 390. The molecular formula is C24H49Cl2N2-. The molecule has 170 valence electrons. The van der Waals surface area contributed by atoms with Gasteiger partial charge in [-0.1, -0.05) is 78.6 Å². The monoisotopic (exact) mass is 435 g/mol. The van der Waals surface area contributed by atoms with E-state index in [4.69, 9.17) is 0 Å². The molecule has 2 aliphatic rings. The van der Waals surface area contributed by atoms with Crippen LogP contribution in [0.2, 0.25) is 0 Å². The number of halogens is 2. The van der Waals surface area contributed by atoms with Gasteiger partial charge in [-0.05, 0) is 56.8 Å². The van der Waals surface area contributed by atoms with E-state index < -0.39 is 0 Å². The Balaban J connectivity index is 0.00000364. The van der Waals surface area contributed by atoms with Gasteiger partial charge in [0.25, 0.3) is 0 Å². The lowest BCUT2D eigenvalue weighted by Gasteiger charge is -2.45. The molecule has 0 aliphatic heterocycles. The van der Waals surface area contributed by atoms with E-state index in [1.807, 2.05) is 0 Å². The Morgan fingerprint density at radius 2 is 1.14 bits per heavy atom. The Labute approximate surface area is 189 Å². The van der Waals surface area contributed by atoms with Crippen LogP contribution in [0.15, 0.2) is 0 Å². The molecule has 0 radical (unpaired) electrons. The average Bonchev–Trinajstić information content (AvgIpc) is 2.85. The molecule has 0 aromatic rings. The summed E-state index contributed by atoms with van der Waals surface area (Å²) in [5.74, 6) is 3.41. The Morgan fingerprint density at radius 3 is 1.50 bits per heavy atom. The number of hydrogen-bond donors (Lipinski definition) is 1. The highest BCUT2D eigenvalue weighted by Crippen LogP contribution is 2.47. The SMILES string of the molecule is C[NH2+]N(C1CCCCCCCCCCC1)C(C)(C)C1CC(C)C(C)C1C.[Cl-].[Cl-]. The van der Waals surface area contributed by atoms with Crippen molar-refractivity contribution in [3.8, 4) is 0 Å². The molecule has 28 heavy (non-hydrogen) atoms. The van der Waals surface area contributed by atoms with Crippen molar-refractivity contribution in [3.05, 3.63) is 0 Å². The molecule has 2 saturated carbocycles. The largest absolute Gasteiger partial charge is 1.00 e. The highest BCUT2D eigenvalue weighted by atomic mass is 35.5. The number of hydrogen-bond acceptors (Lipinski definition) is 1. The highest BCUT2D eigenvalue weighted by molar-refractivity contribution is 4.97. The number of quaternary nitrogens is 1. The van der Waals surface area contributed by atoms with Gasteiger partial charge in [-0.2, -0.15) is 0 Å². The molecule has 0 aromatic carbocycles. The quantitative estimate of drug-likeness (QED) is 0.478. The lowest BCUT2D eigenvalue weighted by molar-refractivity contribution is -0.806. The van der Waals surface area contributed by atoms with Gasteiger partial charge >= 0.3 is 0 Å². The minimum Gasteiger partial charge on any atom is -1.00 e. The average molecular weight is 437 g/mol. The molecule has 2 nitrogen and oxygen atoms in total. The van der Waals surface area contributed by atoms with Gasteiger partial charge in [0.1, 0.15) is 0 Å². The summed E-state index contributed by atoms with van der Waals surface area (Å²) >= 11 is 0. The molecule has 0 bridgehead atoms. The van der Waals surface area contributed by atoms with Gasteiger partial charge in [-0.25, -0.2) is 0 Å². The molecule has 0 saturated heterocycles. The normalized spacial score (nSPS) is 31.4. The van der Waals surface area contributed by atoms with Crippen molar-refractivity contribution in [1.82, 2.24) is 5.01 Å². The number of nitrogens with zero attached hydrogens (tertiary/aromatic N) is 1. The summed E-state index contributed by atoms with van der Waals surface area (Å²) in [5.41, 5.74) is 2.74. The van der Waals surface area contributed by atoms with Crippen LogP contribution < -0.4 is 30.2 Å². The van der Waals surface area contributed by atoms with Crippen LogP contribution in [0.3, 0.4) is 0 Å². The summed E-state index contributed by atoms with van der Waals surface area (Å²) in [4.78, 5) is 0. The van der Waals surface area contributed by atoms with Crippen LogP contribution in [0.5, 0.6) is 0 Å². The molecule has 4 unspecified atom stereocenters. The first-order chi connectivity index (χ1) is 12.4. The number of rotatable bonds is 4. The molecule has 0 spiro atoms. The molecule has 4 atom stereocenters. The van der Waals surface area contributed by atoms with E-state index in [0.717, 1.165) is 29.7 Å². The summed E-state index contributed by atoms with van der Waals surface area (Å²) in [6.45, 7) is 12.6. The molecule has 2 rings (SSSR count). The standard InChI is InChI=1S/C24H48N2.2ClH/c1-19-18-23(21(3)20(19)2)24(4,5)26(25-6)22-16-14-12-10-8-7-9-11-13-15-17-22;;/h19-23,25H,7-18H2,1-6H3;2*1H/p-1. The van der Waals surface area contributed by atoms with Crippen molar-refractivity contribution >= 4 is 0 Å². The van der Waals surface area contributed by atoms with E-state index in [1.165, 1.54) is 77.0 Å². The third-order valence-electron chi connectivity index (χ3n) is 8.31. The second-order valence-corrected chi connectivity index (χ2v) is 10.3. The number of nitrogens with two attached hydrogens (primary N) is 1. The predicted octanol–water partition coefficient (Wildman–Crippen LogP) is -0.215. The maximum atomic E-state index is 2.82. The molecule has 4 heteroatoms. The lowest BCUT2D eigenvalue weighted by atomic mass is 9.77. The van der Waals surface area contributed by atoms with E-state index in [0.29, 0.717) is 0 Å². The van der Waals surface area contributed by atoms with Gasteiger partial charge in [0.2, 0.25) is 0 Å². The topological polar surface area (TPSA) is 19.9 Å². The van der Waals surface area contributed by atoms with Gasteiger partial charge < -0.3 is 24.8 Å². The third-order valence-corrected chi connectivity index (χ3v) is 8.31. The van der Waals surface area contributed by atoms with Crippen LogP contribution in [-0.2, 0) is 0 Å². The van der Waals surface area contributed by atoms with Crippen molar-refractivity contribution in [1.29, 1.82) is 0 Å². The summed E-state index contributed by atoms with van der Waals surface area (Å²) in [6, 6.07) is 0.757. The van der Waals surface area contributed by atoms with Gasteiger partial charge in [0.05, 0.1) is 18.6 Å². The van der Waals surface area contributed by atoms with Crippen LogP contribution in [0.4, 0.5) is 0 Å². The van der Waals surface area contributed by atoms with Crippen molar-refractivity contribution in [2.75, 3.05) is 7.05 Å². The van der Waals surface area contributed by atoms with Crippen LogP contribution in [0.1, 0.15) is 112 Å². The smallest absolute Gasteiger partial charge is 0.0827 e. The van der Waals surface area contributed by atoms with Crippen molar-refractivity contribution in [3.63, 3.8) is 0 Å². The van der Waals surface area contributed by atoms with E-state index in [-0.39, 0.29) is 30.4 Å². The summed E-state index contributed by atoms with van der Waals surface area (Å²) in [5, 5.41) is 2.82. The fourth-order valence-electron chi connectivity index (χ4n) is 6.27. The third kappa shape index (κ3) is 7.33. The Morgan fingerprint density at radius 1 is 0.714 bits per heavy atom. The van der Waals surface area contributed by atoms with E-state index in [9.17, 15) is 0 Å². The van der Waals surface area contributed by atoms with Gasteiger partial charge in [-0.3, -0.25) is 5.43 Å². The fourth-order valence-corrected chi connectivity index (χ4v) is 6.27. The minimum absolute atomic E-state index is 0. The maximum Gasteiger partial charge on any atom is 0.0827 e. The first kappa shape index (κ1) is 28.5. The fraction of sp³-hybridized carbons (Fsp3) is 1.00. The van der Waals surface area contributed by atoms with E-state index in [2.05, 4.69) is 52.1 Å². The zero-order chi connectivity index (χ0) is 19.2. The zero-order valence-electron chi connectivity index (χ0n) is 19.7. The molecule has 0 aromatic heterocycles. The van der Waals surface area contributed by atoms with Crippen LogP contribution in [-0.4, -0.2) is 23.6 Å². The van der Waals surface area contributed by atoms with Crippen molar-refractivity contribution in [2.45, 2.75) is 123 Å². The van der Waals surface area contributed by atoms with Crippen molar-refractivity contribution < 1.29 is 30.2 Å². The van der Waals surface area contributed by atoms with E-state index >= 15 is 0 Å². The minimum atomic E-state index is 0. The Kier molecular flexibility index (Phi) is 14.0. The lowest BCUT2D eigenvalue weighted by Crippen LogP contribution is -3.00. The molecule has 2 fully saturated rings. The summed E-state index contributed by atoms with van der Waals surface area (Å²) in [7, 11) is 2.30. The highest BCUT2D eigenvalue weighted by Gasteiger charge is 2.49. The maximum absolute atomic E-state index is 2.82. The van der Waals surface area contributed by atoms with Crippen LogP contribution in [0, 0.1) is 23.7 Å². The first-order valence-electron chi connectivity index (χ1n) is 12.0. The molecule has 2 N–H and O–H groups in total. The zero-order valence-corrected chi connectivity index (χ0v) is 21.2.